The molecule has 1 aromatic rings. The number of rotatable bonds is 5. The molecule has 0 aliphatic heterocycles. The van der Waals surface area contributed by atoms with Crippen LogP contribution in [0.4, 0.5) is 0 Å². The normalized spacial score (nSPS) is 26.9. The molecule has 2 rings (SSSR count). The molecule has 1 aromatic heterocycles. The molecule has 0 saturated heterocycles. The Morgan fingerprint density at radius 2 is 2.14 bits per heavy atom. The summed E-state index contributed by atoms with van der Waals surface area (Å²) in [7, 11) is 3.84. The molecule has 120 valence electrons. The highest BCUT2D eigenvalue weighted by Crippen LogP contribution is 2.45. The lowest BCUT2D eigenvalue weighted by Gasteiger charge is -2.44. The molecule has 1 saturated carbocycles. The summed E-state index contributed by atoms with van der Waals surface area (Å²) in [5, 5.41) is 8.06. The Morgan fingerprint density at radius 1 is 1.43 bits per heavy atom. The van der Waals surface area contributed by atoms with E-state index in [1.54, 1.807) is 7.11 Å². The van der Waals surface area contributed by atoms with Crippen LogP contribution in [0.5, 0.6) is 5.75 Å². The van der Waals surface area contributed by atoms with E-state index in [1.807, 2.05) is 6.20 Å². The van der Waals surface area contributed by atoms with Crippen LogP contribution in [-0.2, 0) is 12.0 Å². The fourth-order valence-electron chi connectivity index (χ4n) is 4.15. The first kappa shape index (κ1) is 16.3. The lowest BCUT2D eigenvalue weighted by molar-refractivity contribution is 0.143. The summed E-state index contributed by atoms with van der Waals surface area (Å²) in [5.41, 5.74) is 1.29. The molecule has 0 bridgehead atoms. The van der Waals surface area contributed by atoms with Crippen molar-refractivity contribution in [3.63, 3.8) is 0 Å². The van der Waals surface area contributed by atoms with Crippen molar-refractivity contribution in [3.05, 3.63) is 11.9 Å². The van der Waals surface area contributed by atoms with E-state index >= 15 is 0 Å². The van der Waals surface area contributed by atoms with Gasteiger partial charge in [-0.05, 0) is 38.6 Å². The topological polar surface area (TPSA) is 39.1 Å². The van der Waals surface area contributed by atoms with Crippen LogP contribution in [0.1, 0.15) is 52.7 Å². The lowest BCUT2D eigenvalue weighted by Crippen LogP contribution is -2.48. The summed E-state index contributed by atoms with van der Waals surface area (Å²) in [5.74, 6) is 2.34. The zero-order valence-electron chi connectivity index (χ0n) is 14.4. The van der Waals surface area contributed by atoms with Crippen molar-refractivity contribution in [2.75, 3.05) is 14.2 Å². The van der Waals surface area contributed by atoms with E-state index in [0.29, 0.717) is 12.0 Å². The predicted octanol–water partition coefficient (Wildman–Crippen LogP) is 3.21. The number of methoxy groups -OCH3 is 1. The number of nitrogens with zero attached hydrogens (tertiary/aromatic N) is 2. The predicted molar refractivity (Wildman–Crippen MR) is 86.8 cm³/mol. The molecule has 4 nitrogen and oxygen atoms in total. The summed E-state index contributed by atoms with van der Waals surface area (Å²) in [6, 6.07) is 0.564. The molecule has 0 spiro atoms. The summed E-state index contributed by atoms with van der Waals surface area (Å²) >= 11 is 0. The molecule has 1 aliphatic carbocycles. The van der Waals surface area contributed by atoms with Crippen LogP contribution in [0.15, 0.2) is 6.20 Å². The zero-order chi connectivity index (χ0) is 15.6. The van der Waals surface area contributed by atoms with Gasteiger partial charge in [-0.1, -0.05) is 27.2 Å². The minimum absolute atomic E-state index is 0.0473. The van der Waals surface area contributed by atoms with Gasteiger partial charge in [-0.3, -0.25) is 4.68 Å². The Balaban J connectivity index is 2.38. The third-order valence-corrected chi connectivity index (χ3v) is 5.35. The van der Waals surface area contributed by atoms with Crippen molar-refractivity contribution in [2.24, 2.45) is 11.8 Å². The zero-order valence-corrected chi connectivity index (χ0v) is 14.4. The van der Waals surface area contributed by atoms with Crippen molar-refractivity contribution in [2.45, 2.75) is 65.0 Å². The Hall–Kier alpha value is -1.03. The maximum absolute atomic E-state index is 5.59. The summed E-state index contributed by atoms with van der Waals surface area (Å²) in [6.45, 7) is 10.1. The highest BCUT2D eigenvalue weighted by atomic mass is 16.5. The van der Waals surface area contributed by atoms with Crippen LogP contribution in [-0.4, -0.2) is 30.0 Å². The van der Waals surface area contributed by atoms with E-state index in [2.05, 4.69) is 49.8 Å². The van der Waals surface area contributed by atoms with Gasteiger partial charge in [0.15, 0.2) is 5.75 Å². The third-order valence-electron chi connectivity index (χ3n) is 5.35. The second-order valence-electron chi connectivity index (χ2n) is 7.02. The van der Waals surface area contributed by atoms with Crippen LogP contribution in [0.25, 0.3) is 0 Å². The van der Waals surface area contributed by atoms with Crippen molar-refractivity contribution >= 4 is 0 Å². The Bertz CT molecular complexity index is 445. The SMILES string of the molecule is CCn1ncc(OC)c1C(C)(C)C1CCC(C)CC1NC. The Morgan fingerprint density at radius 3 is 2.71 bits per heavy atom. The largest absolute Gasteiger partial charge is 0.493 e. The molecular weight excluding hydrogens is 262 g/mol. The van der Waals surface area contributed by atoms with Crippen molar-refractivity contribution in [3.8, 4) is 5.75 Å². The van der Waals surface area contributed by atoms with Crippen LogP contribution in [0.3, 0.4) is 0 Å². The number of aryl methyl sites for hydroxylation is 1. The average Bonchev–Trinajstić information content (AvgIpc) is 2.90. The molecule has 0 amide bonds. The van der Waals surface area contributed by atoms with Crippen molar-refractivity contribution in [1.29, 1.82) is 0 Å². The lowest BCUT2D eigenvalue weighted by atomic mass is 9.65. The second kappa shape index (κ2) is 6.39. The van der Waals surface area contributed by atoms with Gasteiger partial charge >= 0.3 is 0 Å². The minimum atomic E-state index is 0.0473. The van der Waals surface area contributed by atoms with E-state index in [1.165, 1.54) is 25.0 Å². The summed E-state index contributed by atoms with van der Waals surface area (Å²) in [4.78, 5) is 0. The maximum Gasteiger partial charge on any atom is 0.160 e. The fraction of sp³-hybridized carbons (Fsp3) is 0.824. The van der Waals surface area contributed by atoms with Gasteiger partial charge in [0.2, 0.25) is 0 Å². The number of hydrogen-bond donors (Lipinski definition) is 1. The van der Waals surface area contributed by atoms with Crippen LogP contribution in [0.2, 0.25) is 0 Å². The van der Waals surface area contributed by atoms with Gasteiger partial charge in [-0.25, -0.2) is 0 Å². The molecule has 3 atom stereocenters. The smallest absolute Gasteiger partial charge is 0.160 e. The number of nitrogens with one attached hydrogen (secondary N) is 1. The van der Waals surface area contributed by atoms with Gasteiger partial charge in [0.05, 0.1) is 19.0 Å². The molecule has 1 fully saturated rings. The molecule has 0 aromatic carbocycles. The van der Waals surface area contributed by atoms with Crippen LogP contribution < -0.4 is 10.1 Å². The summed E-state index contributed by atoms with van der Waals surface area (Å²) < 4.78 is 7.69. The average molecular weight is 293 g/mol. The van der Waals surface area contributed by atoms with E-state index in [-0.39, 0.29) is 5.41 Å². The first-order chi connectivity index (χ1) is 9.95. The molecular formula is C17H31N3O. The third kappa shape index (κ3) is 2.96. The highest BCUT2D eigenvalue weighted by molar-refractivity contribution is 5.33. The van der Waals surface area contributed by atoms with Crippen molar-refractivity contribution < 1.29 is 4.74 Å². The van der Waals surface area contributed by atoms with Crippen LogP contribution in [0, 0.1) is 11.8 Å². The first-order valence-electron chi connectivity index (χ1n) is 8.23. The van der Waals surface area contributed by atoms with Gasteiger partial charge in [0.1, 0.15) is 0 Å². The van der Waals surface area contributed by atoms with E-state index in [9.17, 15) is 0 Å². The van der Waals surface area contributed by atoms with Gasteiger partial charge in [-0.2, -0.15) is 5.10 Å². The quantitative estimate of drug-likeness (QED) is 0.906. The monoisotopic (exact) mass is 293 g/mol. The van der Waals surface area contributed by atoms with Gasteiger partial charge in [-0.15, -0.1) is 0 Å². The number of aromatic nitrogens is 2. The molecule has 21 heavy (non-hydrogen) atoms. The minimum Gasteiger partial charge on any atom is -0.493 e. The molecule has 4 heteroatoms. The molecule has 1 aliphatic rings. The van der Waals surface area contributed by atoms with Gasteiger partial charge in [0, 0.05) is 18.0 Å². The Labute approximate surface area is 129 Å². The van der Waals surface area contributed by atoms with Gasteiger partial charge in [0.25, 0.3) is 0 Å². The standard InChI is InChI=1S/C17H31N3O/c1-7-20-16(15(21-6)11-19-20)17(3,4)13-9-8-12(2)10-14(13)18-5/h11-14,18H,7-10H2,1-6H3. The highest BCUT2D eigenvalue weighted by Gasteiger charge is 2.42. The maximum atomic E-state index is 5.59. The second-order valence-corrected chi connectivity index (χ2v) is 7.02. The van der Waals surface area contributed by atoms with Crippen LogP contribution >= 0.6 is 0 Å². The molecule has 3 unspecified atom stereocenters. The molecule has 0 radical (unpaired) electrons. The van der Waals surface area contributed by atoms with Crippen molar-refractivity contribution in [1.82, 2.24) is 15.1 Å². The number of ether oxygens (including phenoxy) is 1. The van der Waals surface area contributed by atoms with E-state index in [4.69, 9.17) is 4.74 Å². The molecule has 1 heterocycles. The molecule has 1 N–H and O–H groups in total. The summed E-state index contributed by atoms with van der Waals surface area (Å²) in [6.07, 6.45) is 5.69. The van der Waals surface area contributed by atoms with E-state index < -0.39 is 0 Å². The van der Waals surface area contributed by atoms with Gasteiger partial charge < -0.3 is 10.1 Å². The first-order valence-corrected chi connectivity index (χ1v) is 8.23. The number of hydrogen-bond acceptors (Lipinski definition) is 3. The van der Waals surface area contributed by atoms with E-state index in [0.717, 1.165) is 18.2 Å². The Kier molecular flexibility index (Phi) is 4.97. The fourth-order valence-corrected chi connectivity index (χ4v) is 4.15.